The topological polar surface area (TPSA) is 38.1 Å². The summed E-state index contributed by atoms with van der Waals surface area (Å²) in [5.74, 6) is 1.41. The van der Waals surface area contributed by atoms with E-state index in [1.54, 1.807) is 0 Å². The van der Waals surface area contributed by atoms with E-state index in [4.69, 9.17) is 0 Å². The van der Waals surface area contributed by atoms with Gasteiger partial charge in [0.2, 0.25) is 5.91 Å². The van der Waals surface area contributed by atoms with Crippen LogP contribution in [0.4, 0.5) is 0 Å². The molecule has 1 aromatic carbocycles. The Balaban J connectivity index is 1.70. The summed E-state index contributed by atoms with van der Waals surface area (Å²) in [6.45, 7) is 8.58. The molecule has 0 saturated carbocycles. The molecule has 4 nitrogen and oxygen atoms in total. The Morgan fingerprint density at radius 1 is 1.39 bits per heavy atom. The molecule has 1 fully saturated rings. The van der Waals surface area contributed by atoms with Gasteiger partial charge in [0.25, 0.3) is 0 Å². The Bertz CT molecular complexity index is 701. The second-order valence-corrected chi connectivity index (χ2v) is 7.08. The van der Waals surface area contributed by atoms with Gasteiger partial charge >= 0.3 is 0 Å². The number of aromatic nitrogens is 2. The number of hydrogen-bond acceptors (Lipinski definition) is 3. The van der Waals surface area contributed by atoms with Gasteiger partial charge in [-0.05, 0) is 30.9 Å². The summed E-state index contributed by atoms with van der Waals surface area (Å²) < 4.78 is 2.12. The van der Waals surface area contributed by atoms with Crippen LogP contribution in [0.1, 0.15) is 19.8 Å². The van der Waals surface area contributed by atoms with Crippen LogP contribution in [-0.4, -0.2) is 39.2 Å². The zero-order valence-corrected chi connectivity index (χ0v) is 14.4. The van der Waals surface area contributed by atoms with Crippen LogP contribution in [0.15, 0.2) is 42.1 Å². The average Bonchev–Trinajstić information content (AvgIpc) is 2.92. The Kier molecular flexibility index (Phi) is 5.06. The van der Waals surface area contributed by atoms with E-state index in [0.29, 0.717) is 12.3 Å². The number of allylic oxidation sites excluding steroid dienone is 1. The summed E-state index contributed by atoms with van der Waals surface area (Å²) in [4.78, 5) is 19.1. The molecule has 0 radical (unpaired) electrons. The Morgan fingerprint density at radius 2 is 2.13 bits per heavy atom. The van der Waals surface area contributed by atoms with Crippen LogP contribution >= 0.6 is 11.8 Å². The first-order chi connectivity index (χ1) is 11.2. The molecule has 1 saturated heterocycles. The van der Waals surface area contributed by atoms with Crippen molar-refractivity contribution in [3.8, 4) is 0 Å². The molecule has 1 aliphatic rings. The summed E-state index contributed by atoms with van der Waals surface area (Å²) in [6.07, 6.45) is 4.10. The number of nitrogens with zero attached hydrogens (tertiary/aromatic N) is 3. The minimum atomic E-state index is 0.221. The number of fused-ring (bicyclic) bond motifs is 1. The van der Waals surface area contributed by atoms with E-state index in [1.807, 2.05) is 29.2 Å². The molecule has 0 atom stereocenters. The van der Waals surface area contributed by atoms with Gasteiger partial charge in [0.15, 0.2) is 5.16 Å². The van der Waals surface area contributed by atoms with Crippen molar-refractivity contribution >= 4 is 28.7 Å². The fourth-order valence-electron chi connectivity index (χ4n) is 2.94. The molecule has 1 aliphatic heterocycles. The number of thioether (sulfide) groups is 1. The lowest BCUT2D eigenvalue weighted by Crippen LogP contribution is -2.38. The minimum absolute atomic E-state index is 0.221. The highest BCUT2D eigenvalue weighted by atomic mass is 32.2. The largest absolute Gasteiger partial charge is 0.342 e. The summed E-state index contributed by atoms with van der Waals surface area (Å²) in [5.41, 5.74) is 2.06. The van der Waals surface area contributed by atoms with Crippen LogP contribution in [0.5, 0.6) is 0 Å². The fraction of sp³-hybridized carbons (Fsp3) is 0.444. The highest BCUT2D eigenvalue weighted by molar-refractivity contribution is 7.99. The van der Waals surface area contributed by atoms with Crippen LogP contribution in [-0.2, 0) is 11.3 Å². The van der Waals surface area contributed by atoms with E-state index in [-0.39, 0.29) is 5.91 Å². The molecule has 122 valence electrons. The lowest BCUT2D eigenvalue weighted by molar-refractivity contribution is -0.129. The standard InChI is InChI=1S/C18H23N3OS/c1-3-10-21-16-7-5-4-6-15(16)19-18(21)23-13-17(22)20-11-8-14(2)9-12-20/h3-7,14H,1,8-13H2,2H3. The van der Waals surface area contributed by atoms with Crippen LogP contribution in [0.3, 0.4) is 0 Å². The molecule has 0 spiro atoms. The van der Waals surface area contributed by atoms with Gasteiger partial charge in [0.05, 0.1) is 16.8 Å². The quantitative estimate of drug-likeness (QED) is 0.622. The van der Waals surface area contributed by atoms with Gasteiger partial charge in [-0.3, -0.25) is 4.79 Å². The Labute approximate surface area is 141 Å². The van der Waals surface area contributed by atoms with Gasteiger partial charge in [-0.25, -0.2) is 4.98 Å². The number of amides is 1. The molecule has 1 amide bonds. The Morgan fingerprint density at radius 3 is 2.87 bits per heavy atom. The number of carbonyl (C=O) groups excluding carboxylic acids is 1. The normalized spacial score (nSPS) is 16.0. The van der Waals surface area contributed by atoms with Crippen LogP contribution in [0.25, 0.3) is 11.0 Å². The van der Waals surface area contributed by atoms with Crippen molar-refractivity contribution < 1.29 is 4.79 Å². The smallest absolute Gasteiger partial charge is 0.233 e. The monoisotopic (exact) mass is 329 g/mol. The van der Waals surface area contributed by atoms with E-state index in [9.17, 15) is 4.79 Å². The number of likely N-dealkylation sites (tertiary alicyclic amines) is 1. The molecule has 2 aromatic rings. The molecule has 1 aromatic heterocycles. The van der Waals surface area contributed by atoms with Crippen LogP contribution in [0, 0.1) is 5.92 Å². The number of piperidine rings is 1. The number of benzene rings is 1. The highest BCUT2D eigenvalue weighted by Crippen LogP contribution is 2.25. The maximum Gasteiger partial charge on any atom is 0.233 e. The van der Waals surface area contributed by atoms with Crippen LogP contribution < -0.4 is 0 Å². The van der Waals surface area contributed by atoms with Gasteiger partial charge in [-0.15, -0.1) is 6.58 Å². The fourth-order valence-corrected chi connectivity index (χ4v) is 3.87. The Hall–Kier alpha value is -1.75. The average molecular weight is 329 g/mol. The van der Waals surface area contributed by atoms with Gasteiger partial charge in [-0.1, -0.05) is 36.9 Å². The molecular weight excluding hydrogens is 306 g/mol. The molecule has 0 unspecified atom stereocenters. The number of imidazole rings is 1. The molecular formula is C18H23N3OS. The van der Waals surface area contributed by atoms with E-state index >= 15 is 0 Å². The van der Waals surface area contributed by atoms with Gasteiger partial charge in [-0.2, -0.15) is 0 Å². The van der Waals surface area contributed by atoms with E-state index in [1.165, 1.54) is 11.8 Å². The summed E-state index contributed by atoms with van der Waals surface area (Å²) in [6, 6.07) is 8.07. The van der Waals surface area contributed by atoms with E-state index in [0.717, 1.165) is 48.0 Å². The first-order valence-electron chi connectivity index (χ1n) is 8.15. The summed E-state index contributed by atoms with van der Waals surface area (Å²) >= 11 is 1.53. The molecule has 0 N–H and O–H groups in total. The van der Waals surface area contributed by atoms with E-state index < -0.39 is 0 Å². The summed E-state index contributed by atoms with van der Waals surface area (Å²) in [5, 5.41) is 0.893. The predicted molar refractivity (Wildman–Crippen MR) is 95.6 cm³/mol. The lowest BCUT2D eigenvalue weighted by Gasteiger charge is -2.30. The number of carbonyl (C=O) groups is 1. The third kappa shape index (κ3) is 3.61. The van der Waals surface area contributed by atoms with Gasteiger partial charge in [0.1, 0.15) is 0 Å². The van der Waals surface area contributed by atoms with Crippen molar-refractivity contribution in [2.24, 2.45) is 5.92 Å². The molecule has 0 bridgehead atoms. The molecule has 0 aliphatic carbocycles. The van der Waals surface area contributed by atoms with Crippen molar-refractivity contribution in [1.29, 1.82) is 0 Å². The zero-order chi connectivity index (χ0) is 16.2. The zero-order valence-electron chi connectivity index (χ0n) is 13.6. The van der Waals surface area contributed by atoms with Crippen LogP contribution in [0.2, 0.25) is 0 Å². The predicted octanol–water partition coefficient (Wildman–Crippen LogP) is 3.57. The van der Waals surface area contributed by atoms with Gasteiger partial charge in [0, 0.05) is 19.6 Å². The van der Waals surface area contributed by atoms with Crippen molar-refractivity contribution in [3.05, 3.63) is 36.9 Å². The van der Waals surface area contributed by atoms with Crippen molar-refractivity contribution in [3.63, 3.8) is 0 Å². The number of para-hydroxylation sites is 2. The first-order valence-corrected chi connectivity index (χ1v) is 9.14. The summed E-state index contributed by atoms with van der Waals surface area (Å²) in [7, 11) is 0. The highest BCUT2D eigenvalue weighted by Gasteiger charge is 2.21. The second-order valence-electron chi connectivity index (χ2n) is 6.13. The molecule has 23 heavy (non-hydrogen) atoms. The lowest BCUT2D eigenvalue weighted by atomic mass is 9.99. The maximum absolute atomic E-state index is 12.4. The number of hydrogen-bond donors (Lipinski definition) is 0. The first kappa shape index (κ1) is 16.1. The minimum Gasteiger partial charge on any atom is -0.342 e. The number of rotatable bonds is 5. The third-order valence-electron chi connectivity index (χ3n) is 4.39. The third-order valence-corrected chi connectivity index (χ3v) is 5.35. The maximum atomic E-state index is 12.4. The molecule has 3 rings (SSSR count). The van der Waals surface area contributed by atoms with Crippen molar-refractivity contribution in [2.75, 3.05) is 18.8 Å². The van der Waals surface area contributed by atoms with Crippen molar-refractivity contribution in [2.45, 2.75) is 31.5 Å². The second kappa shape index (κ2) is 7.21. The molecule has 5 heteroatoms. The van der Waals surface area contributed by atoms with Gasteiger partial charge < -0.3 is 9.47 Å². The van der Waals surface area contributed by atoms with Crippen molar-refractivity contribution in [1.82, 2.24) is 14.5 Å². The van der Waals surface area contributed by atoms with E-state index in [2.05, 4.69) is 29.1 Å². The molecule has 2 heterocycles. The SMILES string of the molecule is C=CCn1c(SCC(=O)N2CCC(C)CC2)nc2ccccc21.